The molecule has 0 bridgehead atoms. The van der Waals surface area contributed by atoms with Crippen LogP contribution in [0.4, 0.5) is 10.1 Å². The van der Waals surface area contributed by atoms with Crippen LogP contribution >= 0.6 is 0 Å². The van der Waals surface area contributed by atoms with Gasteiger partial charge < -0.3 is 5.73 Å². The molecular formula is C14H18FN5. The molecule has 20 heavy (non-hydrogen) atoms. The molecule has 2 unspecified atom stereocenters. The molecule has 1 aromatic carbocycles. The second-order valence-corrected chi connectivity index (χ2v) is 5.71. The molecule has 1 aliphatic rings. The van der Waals surface area contributed by atoms with Crippen molar-refractivity contribution in [3.05, 3.63) is 24.0 Å². The highest BCUT2D eigenvalue weighted by molar-refractivity contribution is 5.61. The molecule has 0 aliphatic heterocycles. The summed E-state index contributed by atoms with van der Waals surface area (Å²) in [7, 11) is 0. The van der Waals surface area contributed by atoms with Gasteiger partial charge in [0, 0.05) is 12.1 Å². The zero-order valence-corrected chi connectivity index (χ0v) is 11.5. The van der Waals surface area contributed by atoms with E-state index in [-0.39, 0.29) is 5.69 Å². The minimum Gasteiger partial charge on any atom is -0.396 e. The van der Waals surface area contributed by atoms with Crippen LogP contribution < -0.4 is 5.73 Å². The maximum atomic E-state index is 13.2. The summed E-state index contributed by atoms with van der Waals surface area (Å²) in [5.74, 6) is 1.63. The zero-order chi connectivity index (χ0) is 14.1. The Hall–Kier alpha value is -1.98. The monoisotopic (exact) mass is 275 g/mol. The molecule has 106 valence electrons. The summed E-state index contributed by atoms with van der Waals surface area (Å²) in [5, 5.41) is 11.8. The molecule has 0 saturated heterocycles. The quantitative estimate of drug-likeness (QED) is 0.874. The maximum Gasteiger partial charge on any atom is 0.182 e. The molecule has 5 nitrogen and oxygen atoms in total. The predicted octanol–water partition coefficient (Wildman–Crippen LogP) is 2.50. The van der Waals surface area contributed by atoms with Gasteiger partial charge in [-0.15, -0.1) is 5.10 Å². The molecule has 0 spiro atoms. The number of halogens is 1. The Bertz CT molecular complexity index is 609. The number of nitrogen functional groups attached to an aromatic ring is 1. The van der Waals surface area contributed by atoms with Crippen molar-refractivity contribution < 1.29 is 4.39 Å². The van der Waals surface area contributed by atoms with E-state index < -0.39 is 5.82 Å². The molecule has 1 fully saturated rings. The molecule has 0 radical (unpaired) electrons. The molecule has 6 heteroatoms. The minimum atomic E-state index is -0.419. The highest BCUT2D eigenvalue weighted by Gasteiger charge is 2.23. The van der Waals surface area contributed by atoms with Gasteiger partial charge in [0.1, 0.15) is 5.82 Å². The van der Waals surface area contributed by atoms with Gasteiger partial charge in [-0.25, -0.2) is 9.07 Å². The number of nitrogens with zero attached hydrogens (tertiary/aromatic N) is 4. The lowest BCUT2D eigenvalue weighted by Crippen LogP contribution is -2.11. The van der Waals surface area contributed by atoms with Crippen LogP contribution in [-0.4, -0.2) is 20.2 Å². The lowest BCUT2D eigenvalue weighted by atomic mass is 10.1. The van der Waals surface area contributed by atoms with Crippen LogP contribution in [0.25, 0.3) is 11.4 Å². The molecule has 2 N–H and O–H groups in total. The fourth-order valence-corrected chi connectivity index (χ4v) is 2.95. The van der Waals surface area contributed by atoms with Gasteiger partial charge in [-0.1, -0.05) is 13.3 Å². The summed E-state index contributed by atoms with van der Waals surface area (Å²) in [5.41, 5.74) is 6.47. The number of tetrazole rings is 1. The summed E-state index contributed by atoms with van der Waals surface area (Å²) < 4.78 is 15.0. The number of nitrogens with two attached hydrogens (primary N) is 1. The number of benzene rings is 1. The largest absolute Gasteiger partial charge is 0.396 e. The molecule has 1 saturated carbocycles. The molecule has 1 aromatic heterocycles. The van der Waals surface area contributed by atoms with E-state index in [0.717, 1.165) is 18.0 Å². The Labute approximate surface area is 117 Å². The van der Waals surface area contributed by atoms with Crippen molar-refractivity contribution >= 4 is 5.69 Å². The smallest absolute Gasteiger partial charge is 0.182 e. The summed E-state index contributed by atoms with van der Waals surface area (Å²) in [6.45, 7) is 3.09. The SMILES string of the molecule is CC1CCC(Cn2nnnc2-c2ccc(F)c(N)c2)C1. The first-order chi connectivity index (χ1) is 9.63. The van der Waals surface area contributed by atoms with E-state index in [2.05, 4.69) is 22.4 Å². The third-order valence-corrected chi connectivity index (χ3v) is 4.02. The average Bonchev–Trinajstić information content (AvgIpc) is 3.03. The minimum absolute atomic E-state index is 0.117. The van der Waals surface area contributed by atoms with Crippen molar-refractivity contribution in [2.24, 2.45) is 11.8 Å². The molecule has 0 amide bonds. The Morgan fingerprint density at radius 1 is 1.40 bits per heavy atom. The summed E-state index contributed by atoms with van der Waals surface area (Å²) in [6.07, 6.45) is 3.70. The van der Waals surface area contributed by atoms with Crippen LogP contribution in [0.2, 0.25) is 0 Å². The van der Waals surface area contributed by atoms with E-state index in [0.29, 0.717) is 11.7 Å². The number of aromatic nitrogens is 4. The summed E-state index contributed by atoms with van der Waals surface area (Å²) in [6, 6.07) is 4.58. The van der Waals surface area contributed by atoms with Crippen LogP contribution in [0, 0.1) is 17.7 Å². The molecule has 1 heterocycles. The second kappa shape index (κ2) is 5.19. The van der Waals surface area contributed by atoms with Crippen molar-refractivity contribution in [1.82, 2.24) is 20.2 Å². The molecule has 1 aliphatic carbocycles. The average molecular weight is 275 g/mol. The van der Waals surface area contributed by atoms with Crippen LogP contribution in [0.1, 0.15) is 26.2 Å². The first-order valence-corrected chi connectivity index (χ1v) is 6.95. The first-order valence-electron chi connectivity index (χ1n) is 6.95. The van der Waals surface area contributed by atoms with Gasteiger partial charge in [-0.3, -0.25) is 0 Å². The van der Waals surface area contributed by atoms with Crippen LogP contribution in [0.15, 0.2) is 18.2 Å². The fraction of sp³-hybridized carbons (Fsp3) is 0.500. The summed E-state index contributed by atoms with van der Waals surface area (Å²) >= 11 is 0. The Morgan fingerprint density at radius 3 is 2.95 bits per heavy atom. The topological polar surface area (TPSA) is 69.6 Å². The standard InChI is InChI=1S/C14H18FN5/c1-9-2-3-10(6-9)8-20-14(17-18-19-20)11-4-5-12(15)13(16)7-11/h4-5,7,9-10H,2-3,6,8,16H2,1H3. The van der Waals surface area contributed by atoms with Crippen molar-refractivity contribution in [3.8, 4) is 11.4 Å². The number of rotatable bonds is 3. The highest BCUT2D eigenvalue weighted by Crippen LogP contribution is 2.32. The third kappa shape index (κ3) is 2.50. The lowest BCUT2D eigenvalue weighted by Gasteiger charge is -2.11. The molecule has 3 rings (SSSR count). The van der Waals surface area contributed by atoms with Gasteiger partial charge >= 0.3 is 0 Å². The van der Waals surface area contributed by atoms with Gasteiger partial charge in [0.2, 0.25) is 0 Å². The molecular weight excluding hydrogens is 257 g/mol. The molecule has 2 atom stereocenters. The second-order valence-electron chi connectivity index (χ2n) is 5.71. The van der Waals surface area contributed by atoms with Gasteiger partial charge in [0.25, 0.3) is 0 Å². The summed E-state index contributed by atoms with van der Waals surface area (Å²) in [4.78, 5) is 0. The van der Waals surface area contributed by atoms with E-state index in [1.54, 1.807) is 16.8 Å². The number of hydrogen-bond donors (Lipinski definition) is 1. The number of hydrogen-bond acceptors (Lipinski definition) is 4. The van der Waals surface area contributed by atoms with Crippen molar-refractivity contribution in [2.75, 3.05) is 5.73 Å². The van der Waals surface area contributed by atoms with Gasteiger partial charge in [0.05, 0.1) is 5.69 Å². The predicted molar refractivity (Wildman–Crippen MR) is 74.1 cm³/mol. The first kappa shape index (κ1) is 13.0. The Balaban J connectivity index is 1.84. The Morgan fingerprint density at radius 2 is 2.25 bits per heavy atom. The van der Waals surface area contributed by atoms with E-state index in [1.165, 1.54) is 25.3 Å². The van der Waals surface area contributed by atoms with Crippen molar-refractivity contribution in [2.45, 2.75) is 32.7 Å². The van der Waals surface area contributed by atoms with Crippen LogP contribution in [0.5, 0.6) is 0 Å². The normalized spacial score (nSPS) is 22.3. The Kier molecular flexibility index (Phi) is 3.38. The number of anilines is 1. The van der Waals surface area contributed by atoms with E-state index >= 15 is 0 Å². The fourth-order valence-electron chi connectivity index (χ4n) is 2.95. The van der Waals surface area contributed by atoms with Crippen molar-refractivity contribution in [1.29, 1.82) is 0 Å². The third-order valence-electron chi connectivity index (χ3n) is 4.02. The van der Waals surface area contributed by atoms with Crippen LogP contribution in [-0.2, 0) is 6.54 Å². The highest BCUT2D eigenvalue weighted by atomic mass is 19.1. The maximum absolute atomic E-state index is 13.2. The molecule has 2 aromatic rings. The van der Waals surface area contributed by atoms with Gasteiger partial charge in [-0.05, 0) is 53.3 Å². The van der Waals surface area contributed by atoms with Gasteiger partial charge in [-0.2, -0.15) is 0 Å². The van der Waals surface area contributed by atoms with E-state index in [1.807, 2.05) is 0 Å². The van der Waals surface area contributed by atoms with Crippen molar-refractivity contribution in [3.63, 3.8) is 0 Å². The van der Waals surface area contributed by atoms with E-state index in [4.69, 9.17) is 5.73 Å². The zero-order valence-electron chi connectivity index (χ0n) is 11.5. The lowest BCUT2D eigenvalue weighted by molar-refractivity contribution is 0.412. The van der Waals surface area contributed by atoms with E-state index in [9.17, 15) is 4.39 Å². The van der Waals surface area contributed by atoms with Crippen LogP contribution in [0.3, 0.4) is 0 Å². The van der Waals surface area contributed by atoms with Gasteiger partial charge in [0.15, 0.2) is 5.82 Å².